The van der Waals surface area contributed by atoms with Crippen LogP contribution in [0.5, 0.6) is 5.75 Å². The van der Waals surface area contributed by atoms with Crippen molar-refractivity contribution in [2.45, 2.75) is 0 Å². The molecule has 1 amide bonds. The van der Waals surface area contributed by atoms with E-state index in [2.05, 4.69) is 20.1 Å². The van der Waals surface area contributed by atoms with Crippen LogP contribution in [0.3, 0.4) is 0 Å². The number of amides is 1. The first-order chi connectivity index (χ1) is 15.6. The normalized spacial score (nSPS) is 14.0. The molecule has 0 bridgehead atoms. The number of benzene rings is 1. The Bertz CT molecular complexity index is 1310. The fourth-order valence-corrected chi connectivity index (χ4v) is 3.76. The first-order valence-corrected chi connectivity index (χ1v) is 10.1. The van der Waals surface area contributed by atoms with Gasteiger partial charge in [0.25, 0.3) is 5.91 Å². The molecular formula is C22H20N6O4. The molecule has 1 aliphatic heterocycles. The summed E-state index contributed by atoms with van der Waals surface area (Å²) in [6.07, 6.45) is 5.14. The minimum absolute atomic E-state index is 0.0173. The molecule has 0 aliphatic carbocycles. The number of ether oxygens (including phenoxy) is 1. The lowest BCUT2D eigenvalue weighted by Crippen LogP contribution is -2.49. The third-order valence-corrected chi connectivity index (χ3v) is 5.47. The zero-order valence-electron chi connectivity index (χ0n) is 17.3. The summed E-state index contributed by atoms with van der Waals surface area (Å²) in [4.78, 5) is 33.2. The van der Waals surface area contributed by atoms with Gasteiger partial charge in [-0.25, -0.2) is 9.78 Å². The van der Waals surface area contributed by atoms with Crippen molar-refractivity contribution in [3.8, 4) is 11.6 Å². The van der Waals surface area contributed by atoms with Crippen LogP contribution in [-0.4, -0.2) is 63.8 Å². The zero-order chi connectivity index (χ0) is 22.1. The molecular weight excluding hydrogens is 412 g/mol. The van der Waals surface area contributed by atoms with E-state index in [4.69, 9.17) is 9.15 Å². The Labute approximate surface area is 182 Å². The summed E-state index contributed by atoms with van der Waals surface area (Å²) < 4.78 is 12.4. The van der Waals surface area contributed by atoms with Crippen LogP contribution in [0.15, 0.2) is 64.3 Å². The number of rotatable bonds is 4. The van der Waals surface area contributed by atoms with Gasteiger partial charge in [0.1, 0.15) is 11.9 Å². The van der Waals surface area contributed by atoms with Crippen LogP contribution in [0, 0.1) is 0 Å². The van der Waals surface area contributed by atoms with Gasteiger partial charge >= 0.3 is 5.63 Å². The summed E-state index contributed by atoms with van der Waals surface area (Å²) in [7, 11) is 1.50. The Kier molecular flexibility index (Phi) is 5.02. The first-order valence-electron chi connectivity index (χ1n) is 10.1. The van der Waals surface area contributed by atoms with Crippen LogP contribution in [0.25, 0.3) is 16.8 Å². The van der Waals surface area contributed by atoms with Crippen molar-refractivity contribution < 1.29 is 13.9 Å². The van der Waals surface area contributed by atoms with Crippen molar-refractivity contribution in [1.82, 2.24) is 24.6 Å². The van der Waals surface area contributed by atoms with E-state index < -0.39 is 5.63 Å². The number of carbonyl (C=O) groups is 1. The third-order valence-electron chi connectivity index (χ3n) is 5.47. The van der Waals surface area contributed by atoms with E-state index >= 15 is 0 Å². The molecule has 4 heterocycles. The van der Waals surface area contributed by atoms with Crippen molar-refractivity contribution >= 4 is 22.7 Å². The monoisotopic (exact) mass is 432 g/mol. The fraction of sp³-hybridized carbons (Fsp3) is 0.227. The molecule has 4 aromatic rings. The predicted molar refractivity (Wildman–Crippen MR) is 116 cm³/mol. The summed E-state index contributed by atoms with van der Waals surface area (Å²) >= 11 is 0. The van der Waals surface area contributed by atoms with Gasteiger partial charge in [0.15, 0.2) is 23.0 Å². The number of carbonyl (C=O) groups excluding carboxylic acids is 1. The van der Waals surface area contributed by atoms with E-state index in [0.29, 0.717) is 48.7 Å². The summed E-state index contributed by atoms with van der Waals surface area (Å²) in [5, 5.41) is 9.18. The molecule has 1 aromatic carbocycles. The van der Waals surface area contributed by atoms with Gasteiger partial charge in [-0.2, -0.15) is 0 Å². The molecule has 0 atom stereocenters. The molecule has 0 unspecified atom stereocenters. The number of nitrogens with zero attached hydrogens (tertiary/aromatic N) is 6. The summed E-state index contributed by atoms with van der Waals surface area (Å²) in [6, 6.07) is 10.6. The van der Waals surface area contributed by atoms with Gasteiger partial charge < -0.3 is 19.0 Å². The van der Waals surface area contributed by atoms with Gasteiger partial charge in [-0.3, -0.25) is 9.36 Å². The number of hydrogen-bond donors (Lipinski definition) is 0. The first kappa shape index (κ1) is 19.7. The average molecular weight is 432 g/mol. The zero-order valence-corrected chi connectivity index (χ0v) is 17.3. The molecule has 3 aromatic heterocycles. The maximum atomic E-state index is 13.0. The Morgan fingerprint density at radius 1 is 1.06 bits per heavy atom. The maximum Gasteiger partial charge on any atom is 0.349 e. The number of para-hydroxylation sites is 1. The highest BCUT2D eigenvalue weighted by molar-refractivity contribution is 5.97. The van der Waals surface area contributed by atoms with Crippen molar-refractivity contribution in [2.24, 2.45) is 0 Å². The molecule has 0 saturated carbocycles. The molecule has 1 fully saturated rings. The van der Waals surface area contributed by atoms with E-state index in [0.717, 1.165) is 5.82 Å². The second-order valence-corrected chi connectivity index (χ2v) is 7.33. The second kappa shape index (κ2) is 8.14. The van der Waals surface area contributed by atoms with E-state index in [1.165, 1.54) is 7.11 Å². The molecule has 5 rings (SSSR count). The number of methoxy groups -OCH3 is 1. The fourth-order valence-electron chi connectivity index (χ4n) is 3.76. The topological polar surface area (TPSA) is 107 Å². The van der Waals surface area contributed by atoms with Gasteiger partial charge in [0.2, 0.25) is 0 Å². The largest absolute Gasteiger partial charge is 0.493 e. The van der Waals surface area contributed by atoms with Gasteiger partial charge in [-0.15, -0.1) is 10.2 Å². The SMILES string of the molecule is COc1cccc2cc(C(=O)N3CCN(c4ccc(-n5ccnc5)nn4)CC3)c(=O)oc12. The smallest absolute Gasteiger partial charge is 0.349 e. The van der Waals surface area contributed by atoms with Gasteiger partial charge in [-0.05, 0) is 24.3 Å². The van der Waals surface area contributed by atoms with Crippen molar-refractivity contribution in [3.05, 3.63) is 71.1 Å². The summed E-state index contributed by atoms with van der Waals surface area (Å²) in [5.41, 5.74) is -0.321. The molecule has 10 heteroatoms. The highest BCUT2D eigenvalue weighted by Crippen LogP contribution is 2.25. The number of piperazine rings is 1. The van der Waals surface area contributed by atoms with Crippen molar-refractivity contribution in [3.63, 3.8) is 0 Å². The van der Waals surface area contributed by atoms with Crippen LogP contribution in [0.2, 0.25) is 0 Å². The highest BCUT2D eigenvalue weighted by Gasteiger charge is 2.26. The van der Waals surface area contributed by atoms with Crippen LogP contribution >= 0.6 is 0 Å². The molecule has 1 aliphatic rings. The van der Waals surface area contributed by atoms with E-state index in [1.807, 2.05) is 12.1 Å². The number of fused-ring (bicyclic) bond motifs is 1. The average Bonchev–Trinajstić information content (AvgIpc) is 3.38. The lowest BCUT2D eigenvalue weighted by molar-refractivity contribution is 0.0742. The third kappa shape index (κ3) is 3.55. The minimum Gasteiger partial charge on any atom is -0.493 e. The molecule has 0 spiro atoms. The van der Waals surface area contributed by atoms with Crippen LogP contribution < -0.4 is 15.3 Å². The van der Waals surface area contributed by atoms with E-state index in [1.54, 1.807) is 52.5 Å². The summed E-state index contributed by atoms with van der Waals surface area (Å²) in [6.45, 7) is 2.08. The van der Waals surface area contributed by atoms with Crippen LogP contribution in [-0.2, 0) is 0 Å². The Morgan fingerprint density at radius 2 is 1.84 bits per heavy atom. The Morgan fingerprint density at radius 3 is 2.53 bits per heavy atom. The Hall–Kier alpha value is -4.21. The number of imidazole rings is 1. The van der Waals surface area contributed by atoms with E-state index in [-0.39, 0.29) is 11.5 Å². The molecule has 1 saturated heterocycles. The predicted octanol–water partition coefficient (Wildman–Crippen LogP) is 1.74. The van der Waals surface area contributed by atoms with Gasteiger partial charge in [0, 0.05) is 44.0 Å². The van der Waals surface area contributed by atoms with E-state index in [9.17, 15) is 9.59 Å². The van der Waals surface area contributed by atoms with Crippen molar-refractivity contribution in [1.29, 1.82) is 0 Å². The van der Waals surface area contributed by atoms with Crippen LogP contribution in [0.1, 0.15) is 10.4 Å². The molecule has 0 radical (unpaired) electrons. The molecule has 162 valence electrons. The molecule has 0 N–H and O–H groups in total. The maximum absolute atomic E-state index is 13.0. The lowest BCUT2D eigenvalue weighted by Gasteiger charge is -2.35. The van der Waals surface area contributed by atoms with Crippen LogP contribution in [0.4, 0.5) is 5.82 Å². The molecule has 32 heavy (non-hydrogen) atoms. The Balaban J connectivity index is 1.29. The minimum atomic E-state index is -0.671. The van der Waals surface area contributed by atoms with Gasteiger partial charge in [0.05, 0.1) is 7.11 Å². The standard InChI is InChI=1S/C22H20N6O4/c1-31-17-4-2-3-15-13-16(22(30)32-20(15)17)21(29)27-11-9-26(10-12-27)18-5-6-19(25-24-18)28-8-7-23-14-28/h2-8,13-14H,9-12H2,1H3. The quantitative estimate of drug-likeness (QED) is 0.449. The lowest BCUT2D eigenvalue weighted by atomic mass is 10.1. The highest BCUT2D eigenvalue weighted by atomic mass is 16.5. The number of hydrogen-bond acceptors (Lipinski definition) is 8. The second-order valence-electron chi connectivity index (χ2n) is 7.33. The summed E-state index contributed by atoms with van der Waals surface area (Å²) in [5.74, 6) is 1.52. The van der Waals surface area contributed by atoms with Crippen molar-refractivity contribution in [2.75, 3.05) is 38.2 Å². The number of anilines is 1. The van der Waals surface area contributed by atoms with Gasteiger partial charge in [-0.1, -0.05) is 12.1 Å². The number of aromatic nitrogens is 4. The molecule has 10 nitrogen and oxygen atoms in total.